The van der Waals surface area contributed by atoms with Gasteiger partial charge in [0, 0.05) is 0 Å². The molecule has 0 bridgehead atoms. The lowest BCUT2D eigenvalue weighted by atomic mass is 9.91. The van der Waals surface area contributed by atoms with Crippen molar-refractivity contribution in [3.63, 3.8) is 0 Å². The van der Waals surface area contributed by atoms with E-state index >= 15 is 0 Å². The maximum Gasteiger partial charge on any atom is 0.573 e. The highest BCUT2D eigenvalue weighted by atomic mass is 32.3. The second-order valence-electron chi connectivity index (χ2n) is 6.65. The average molecular weight is 461 g/mol. The molecule has 29 heavy (non-hydrogen) atoms. The van der Waals surface area contributed by atoms with Crippen LogP contribution in [0.1, 0.15) is 33.6 Å². The molecule has 0 aliphatic heterocycles. The number of alkyl halides is 3. The standard InChI is InChI=1S/C16H22F3NO7S2/c1-4-15(2,3)14(21)26-10-5-11-28(22,23)20-29(24,25)13-8-6-12(7-9-13)27-16(17,18)19/h6-9,20H,4-5,10-11H2,1-3H3. The van der Waals surface area contributed by atoms with Gasteiger partial charge in [0.05, 0.1) is 22.7 Å². The molecule has 0 unspecified atom stereocenters. The van der Waals surface area contributed by atoms with Crippen LogP contribution in [0.25, 0.3) is 0 Å². The molecule has 0 spiro atoms. The smallest absolute Gasteiger partial charge is 0.465 e. The van der Waals surface area contributed by atoms with Crippen LogP contribution in [0.3, 0.4) is 0 Å². The van der Waals surface area contributed by atoms with Crippen molar-refractivity contribution >= 4 is 26.0 Å². The minimum atomic E-state index is -4.95. The molecular formula is C16H22F3NO7S2. The van der Waals surface area contributed by atoms with E-state index in [0.29, 0.717) is 6.42 Å². The average Bonchev–Trinajstić information content (AvgIpc) is 2.56. The van der Waals surface area contributed by atoms with Gasteiger partial charge in [-0.2, -0.15) is 0 Å². The fourth-order valence-electron chi connectivity index (χ4n) is 1.83. The molecule has 0 saturated carbocycles. The highest BCUT2D eigenvalue weighted by Gasteiger charge is 2.31. The number of carbonyl (C=O) groups excluding carboxylic acids is 1. The Morgan fingerprint density at radius 2 is 1.62 bits per heavy atom. The van der Waals surface area contributed by atoms with Crippen molar-refractivity contribution < 1.29 is 44.3 Å². The summed E-state index contributed by atoms with van der Waals surface area (Å²) in [4.78, 5) is 11.2. The van der Waals surface area contributed by atoms with Gasteiger partial charge in [0.1, 0.15) is 5.75 Å². The summed E-state index contributed by atoms with van der Waals surface area (Å²) in [5, 5.41) is 0. The van der Waals surface area contributed by atoms with Gasteiger partial charge in [-0.3, -0.25) is 4.79 Å². The fourth-order valence-corrected chi connectivity index (χ4v) is 4.88. The van der Waals surface area contributed by atoms with E-state index in [1.807, 2.05) is 0 Å². The first-order chi connectivity index (χ1) is 13.1. The highest BCUT2D eigenvalue weighted by molar-refractivity contribution is 8.04. The third-order valence-electron chi connectivity index (χ3n) is 3.83. The van der Waals surface area contributed by atoms with Crippen molar-refractivity contribution in [3.05, 3.63) is 24.3 Å². The molecule has 0 heterocycles. The summed E-state index contributed by atoms with van der Waals surface area (Å²) < 4.78 is 94.6. The Balaban J connectivity index is 2.66. The number of hydrogen-bond acceptors (Lipinski definition) is 7. The first kappa shape index (κ1) is 25.2. The van der Waals surface area contributed by atoms with Gasteiger partial charge in [0.2, 0.25) is 10.0 Å². The third-order valence-corrected chi connectivity index (χ3v) is 7.44. The van der Waals surface area contributed by atoms with E-state index in [9.17, 15) is 34.8 Å². The molecule has 0 aliphatic rings. The lowest BCUT2D eigenvalue weighted by Gasteiger charge is -2.20. The lowest BCUT2D eigenvalue weighted by Crippen LogP contribution is -2.33. The molecule has 0 saturated heterocycles. The van der Waals surface area contributed by atoms with E-state index in [2.05, 4.69) is 4.74 Å². The molecule has 0 atom stereocenters. The Kier molecular flexibility index (Phi) is 8.08. The van der Waals surface area contributed by atoms with Gasteiger partial charge >= 0.3 is 12.3 Å². The molecule has 1 aromatic rings. The van der Waals surface area contributed by atoms with E-state index in [4.69, 9.17) is 4.74 Å². The van der Waals surface area contributed by atoms with Gasteiger partial charge in [-0.25, -0.2) is 16.8 Å². The number of ether oxygens (including phenoxy) is 2. The van der Waals surface area contributed by atoms with Crippen LogP contribution in [0.5, 0.6) is 5.75 Å². The zero-order valence-electron chi connectivity index (χ0n) is 15.9. The number of rotatable bonds is 10. The monoisotopic (exact) mass is 461 g/mol. The molecule has 166 valence electrons. The molecule has 1 rings (SSSR count). The van der Waals surface area contributed by atoms with Gasteiger partial charge in [-0.15, -0.1) is 17.3 Å². The van der Waals surface area contributed by atoms with Gasteiger partial charge in [-0.1, -0.05) is 6.92 Å². The Morgan fingerprint density at radius 3 is 2.10 bits per heavy atom. The van der Waals surface area contributed by atoms with Crippen LogP contribution in [0.15, 0.2) is 29.2 Å². The summed E-state index contributed by atoms with van der Waals surface area (Å²) in [7, 11) is -8.85. The minimum Gasteiger partial charge on any atom is -0.465 e. The van der Waals surface area contributed by atoms with Crippen molar-refractivity contribution in [2.24, 2.45) is 5.41 Å². The van der Waals surface area contributed by atoms with Crippen molar-refractivity contribution in [2.45, 2.75) is 44.9 Å². The number of benzene rings is 1. The zero-order valence-corrected chi connectivity index (χ0v) is 17.6. The topological polar surface area (TPSA) is 116 Å². The van der Waals surface area contributed by atoms with Crippen molar-refractivity contribution in [3.8, 4) is 5.75 Å². The quantitative estimate of drug-likeness (QED) is 0.420. The van der Waals surface area contributed by atoms with Crippen LogP contribution in [-0.4, -0.2) is 41.5 Å². The summed E-state index contributed by atoms with van der Waals surface area (Å²) >= 11 is 0. The predicted molar refractivity (Wildman–Crippen MR) is 96.9 cm³/mol. The minimum absolute atomic E-state index is 0.144. The molecule has 1 aromatic carbocycles. The van der Waals surface area contributed by atoms with Gasteiger partial charge in [0.25, 0.3) is 10.0 Å². The lowest BCUT2D eigenvalue weighted by molar-refractivity contribution is -0.274. The Bertz CT molecular complexity index is 909. The number of esters is 1. The molecule has 0 aromatic heterocycles. The second-order valence-corrected chi connectivity index (χ2v) is 10.4. The first-order valence-corrected chi connectivity index (χ1v) is 11.5. The maximum absolute atomic E-state index is 12.1. The molecule has 0 amide bonds. The largest absolute Gasteiger partial charge is 0.573 e. The second kappa shape index (κ2) is 9.30. The number of sulfonamides is 2. The SMILES string of the molecule is CCC(C)(C)C(=O)OCCCS(=O)(=O)NS(=O)(=O)c1ccc(OC(F)(F)F)cc1. The highest BCUT2D eigenvalue weighted by Crippen LogP contribution is 2.24. The Labute approximate surface area is 167 Å². The Morgan fingerprint density at radius 1 is 1.07 bits per heavy atom. The first-order valence-electron chi connectivity index (χ1n) is 8.37. The van der Waals surface area contributed by atoms with Crippen LogP contribution in [0, 0.1) is 5.41 Å². The third kappa shape index (κ3) is 8.58. The summed E-state index contributed by atoms with van der Waals surface area (Å²) in [6.07, 6.45) is -4.57. The van der Waals surface area contributed by atoms with Gasteiger partial charge in [0.15, 0.2) is 0 Å². The van der Waals surface area contributed by atoms with E-state index in [1.54, 1.807) is 20.8 Å². The zero-order chi connectivity index (χ0) is 22.5. The van der Waals surface area contributed by atoms with Crippen LogP contribution >= 0.6 is 0 Å². The van der Waals surface area contributed by atoms with Crippen LogP contribution < -0.4 is 8.86 Å². The molecule has 0 radical (unpaired) electrons. The molecule has 8 nitrogen and oxygen atoms in total. The van der Waals surface area contributed by atoms with Crippen LogP contribution in [0.2, 0.25) is 0 Å². The van der Waals surface area contributed by atoms with Crippen LogP contribution in [-0.2, 0) is 29.6 Å². The number of halogens is 3. The van der Waals surface area contributed by atoms with Crippen molar-refractivity contribution in [2.75, 3.05) is 12.4 Å². The summed E-state index contributed by atoms with van der Waals surface area (Å²) in [6, 6.07) is 3.02. The molecular weight excluding hydrogens is 439 g/mol. The van der Waals surface area contributed by atoms with E-state index in [0.717, 1.165) is 24.3 Å². The van der Waals surface area contributed by atoms with E-state index < -0.39 is 54.2 Å². The fraction of sp³-hybridized carbons (Fsp3) is 0.562. The number of hydrogen-bond donors (Lipinski definition) is 1. The molecule has 13 heteroatoms. The molecule has 1 N–H and O–H groups in total. The van der Waals surface area contributed by atoms with Crippen molar-refractivity contribution in [1.82, 2.24) is 4.13 Å². The summed E-state index contributed by atoms with van der Waals surface area (Å²) in [6.45, 7) is 4.92. The Hall–Kier alpha value is -1.86. The van der Waals surface area contributed by atoms with Gasteiger partial charge < -0.3 is 9.47 Å². The van der Waals surface area contributed by atoms with E-state index in [-0.39, 0.29) is 13.0 Å². The number of carbonyl (C=O) groups is 1. The molecule has 0 aliphatic carbocycles. The maximum atomic E-state index is 12.1. The number of nitrogens with one attached hydrogen (secondary N) is 1. The summed E-state index contributed by atoms with van der Waals surface area (Å²) in [5.74, 6) is -1.79. The predicted octanol–water partition coefficient (Wildman–Crippen LogP) is 2.56. The molecule has 0 fully saturated rings. The summed E-state index contributed by atoms with van der Waals surface area (Å²) in [5.41, 5.74) is -0.720. The van der Waals surface area contributed by atoms with Crippen molar-refractivity contribution in [1.29, 1.82) is 0 Å². The van der Waals surface area contributed by atoms with Crippen LogP contribution in [0.4, 0.5) is 13.2 Å². The van der Waals surface area contributed by atoms with Gasteiger partial charge in [-0.05, 0) is 51.0 Å². The normalized spacial score (nSPS) is 13.2. The van der Waals surface area contributed by atoms with E-state index in [1.165, 1.54) is 4.13 Å².